The molecule has 5 aromatic rings. The molecule has 4 aromatic heterocycles. The van der Waals surface area contributed by atoms with Gasteiger partial charge in [-0.1, -0.05) is 18.2 Å². The lowest BCUT2D eigenvalue weighted by atomic mass is 10.2. The number of nitrogens with one attached hydrogen (secondary N) is 2. The fourth-order valence-corrected chi connectivity index (χ4v) is 3.31. The van der Waals surface area contributed by atoms with Crippen LogP contribution in [0.2, 0.25) is 0 Å². The minimum atomic E-state index is -4.65. The summed E-state index contributed by atoms with van der Waals surface area (Å²) in [5, 5.41) is 11.2. The molecule has 0 saturated carbocycles. The van der Waals surface area contributed by atoms with E-state index in [0.29, 0.717) is 5.69 Å². The number of aromatic nitrogens is 8. The van der Waals surface area contributed by atoms with E-state index in [1.54, 1.807) is 30.3 Å². The first-order chi connectivity index (χ1) is 17.6. The summed E-state index contributed by atoms with van der Waals surface area (Å²) in [6.45, 7) is 0. The highest BCUT2D eigenvalue weighted by Gasteiger charge is 2.35. The molecule has 15 heteroatoms. The number of H-pyrrole nitrogens is 2. The van der Waals surface area contributed by atoms with E-state index < -0.39 is 23.7 Å². The van der Waals surface area contributed by atoms with Gasteiger partial charge in [0.1, 0.15) is 0 Å². The van der Waals surface area contributed by atoms with Gasteiger partial charge >= 0.3 is 12.4 Å². The molecule has 0 bridgehead atoms. The average Bonchev–Trinajstić information content (AvgIpc) is 3.56. The third-order valence-electron chi connectivity index (χ3n) is 4.99. The van der Waals surface area contributed by atoms with Crippen molar-refractivity contribution < 1.29 is 26.3 Å². The summed E-state index contributed by atoms with van der Waals surface area (Å²) >= 11 is 0. The number of nitrogens with zero attached hydrogens (tertiary/aromatic N) is 7. The van der Waals surface area contributed by atoms with Gasteiger partial charge in [-0.05, 0) is 36.4 Å². The lowest BCUT2D eigenvalue weighted by Gasteiger charge is -2.21. The van der Waals surface area contributed by atoms with E-state index in [-0.39, 0.29) is 34.7 Å². The van der Waals surface area contributed by atoms with E-state index in [4.69, 9.17) is 0 Å². The van der Waals surface area contributed by atoms with Crippen LogP contribution in [0.3, 0.4) is 0 Å². The van der Waals surface area contributed by atoms with Crippen LogP contribution in [0.1, 0.15) is 11.4 Å². The number of aromatic amines is 2. The van der Waals surface area contributed by atoms with Crippen molar-refractivity contribution in [2.24, 2.45) is 0 Å². The SMILES string of the molecule is FC(F)(F)c1cc(-c2ccnc(N(c3ccccc3)c3nccc(-c4cc(C(F)(F)F)n[nH]4)n3)n2)[nH]n1. The van der Waals surface area contributed by atoms with Crippen LogP contribution in [0.5, 0.6) is 0 Å². The van der Waals surface area contributed by atoms with Crippen LogP contribution in [0.15, 0.2) is 67.0 Å². The highest BCUT2D eigenvalue weighted by Crippen LogP contribution is 2.34. The zero-order chi connectivity index (χ0) is 26.2. The molecule has 1 aromatic carbocycles. The summed E-state index contributed by atoms with van der Waals surface area (Å²) in [6.07, 6.45) is -6.63. The number of alkyl halides is 6. The van der Waals surface area contributed by atoms with Crippen molar-refractivity contribution in [3.05, 3.63) is 78.4 Å². The number of para-hydroxylation sites is 1. The van der Waals surface area contributed by atoms with Crippen molar-refractivity contribution in [2.75, 3.05) is 4.90 Å². The van der Waals surface area contributed by atoms with E-state index in [9.17, 15) is 26.3 Å². The Labute approximate surface area is 203 Å². The number of benzene rings is 1. The van der Waals surface area contributed by atoms with Crippen molar-refractivity contribution in [1.29, 1.82) is 0 Å². The molecule has 0 radical (unpaired) electrons. The smallest absolute Gasteiger partial charge is 0.276 e. The minimum Gasteiger partial charge on any atom is -0.276 e. The molecule has 0 saturated heterocycles. The Hall–Kier alpha value is -4.82. The van der Waals surface area contributed by atoms with Gasteiger partial charge in [-0.25, -0.2) is 24.8 Å². The molecule has 0 spiro atoms. The van der Waals surface area contributed by atoms with E-state index >= 15 is 0 Å². The maximum Gasteiger partial charge on any atom is 0.435 e. The molecular formula is C22H13F6N9. The molecule has 0 aliphatic carbocycles. The maximum atomic E-state index is 13.0. The first-order valence-electron chi connectivity index (χ1n) is 10.4. The zero-order valence-electron chi connectivity index (χ0n) is 18.2. The molecule has 0 fully saturated rings. The highest BCUT2D eigenvalue weighted by atomic mass is 19.4. The van der Waals surface area contributed by atoms with Crippen molar-refractivity contribution >= 4 is 17.6 Å². The predicted molar refractivity (Wildman–Crippen MR) is 117 cm³/mol. The number of halogens is 6. The van der Waals surface area contributed by atoms with E-state index in [1.807, 2.05) is 0 Å². The number of anilines is 3. The molecule has 0 unspecified atom stereocenters. The van der Waals surface area contributed by atoms with E-state index in [0.717, 1.165) is 12.1 Å². The van der Waals surface area contributed by atoms with E-state index in [2.05, 4.69) is 40.3 Å². The fraction of sp³-hybridized carbons (Fsp3) is 0.0909. The Kier molecular flexibility index (Phi) is 5.81. The lowest BCUT2D eigenvalue weighted by molar-refractivity contribution is -0.142. The summed E-state index contributed by atoms with van der Waals surface area (Å²) in [5.74, 6) is -0.0193. The monoisotopic (exact) mass is 517 g/mol. The molecule has 0 aliphatic heterocycles. The Bertz CT molecular complexity index is 1430. The average molecular weight is 517 g/mol. The summed E-state index contributed by atoms with van der Waals surface area (Å²) in [5.41, 5.74) is -1.54. The molecule has 2 N–H and O–H groups in total. The summed E-state index contributed by atoms with van der Waals surface area (Å²) in [4.78, 5) is 18.6. The molecule has 37 heavy (non-hydrogen) atoms. The number of hydrogen-bond acceptors (Lipinski definition) is 7. The molecule has 0 atom stereocenters. The molecular weight excluding hydrogens is 504 g/mol. The van der Waals surface area contributed by atoms with Crippen LogP contribution in [-0.2, 0) is 12.4 Å². The lowest BCUT2D eigenvalue weighted by Crippen LogP contribution is -2.16. The minimum absolute atomic E-state index is 0.00389. The first-order valence-corrected chi connectivity index (χ1v) is 10.4. The molecule has 4 heterocycles. The standard InChI is InChI=1S/C22H13F6N9/c23-21(24,25)17-10-15(33-35-17)13-6-8-29-19(31-13)37(12-4-2-1-3-5-12)20-30-9-7-14(32-20)16-11-18(36-34-16)22(26,27)28/h1-11H,(H,33,35)(H,34,36). The van der Waals surface area contributed by atoms with Gasteiger partial charge in [0.05, 0.1) is 28.5 Å². The second-order valence-electron chi connectivity index (χ2n) is 7.48. The molecule has 9 nitrogen and oxygen atoms in total. The molecule has 0 aliphatic rings. The van der Waals surface area contributed by atoms with Crippen molar-refractivity contribution in [3.8, 4) is 22.8 Å². The van der Waals surface area contributed by atoms with Crippen molar-refractivity contribution in [1.82, 2.24) is 40.3 Å². The fourth-order valence-electron chi connectivity index (χ4n) is 3.31. The Morgan fingerprint density at radius 1 is 0.622 bits per heavy atom. The highest BCUT2D eigenvalue weighted by molar-refractivity contribution is 5.70. The van der Waals surface area contributed by atoms with Gasteiger partial charge in [0.25, 0.3) is 0 Å². The topological polar surface area (TPSA) is 112 Å². The summed E-state index contributed by atoms with van der Waals surface area (Å²) in [7, 11) is 0. The van der Waals surface area contributed by atoms with Crippen molar-refractivity contribution in [3.63, 3.8) is 0 Å². The zero-order valence-corrected chi connectivity index (χ0v) is 18.2. The first kappa shape index (κ1) is 23.9. The van der Waals surface area contributed by atoms with Gasteiger partial charge in [-0.15, -0.1) is 0 Å². The van der Waals surface area contributed by atoms with Gasteiger partial charge in [0.2, 0.25) is 11.9 Å². The van der Waals surface area contributed by atoms with Gasteiger partial charge in [-0.2, -0.15) is 36.5 Å². The number of hydrogen-bond donors (Lipinski definition) is 2. The Morgan fingerprint density at radius 2 is 1.08 bits per heavy atom. The van der Waals surface area contributed by atoms with Crippen LogP contribution in [0, 0.1) is 0 Å². The van der Waals surface area contributed by atoms with Crippen LogP contribution in [0.4, 0.5) is 43.9 Å². The van der Waals surface area contributed by atoms with Gasteiger partial charge in [-0.3, -0.25) is 10.2 Å². The second kappa shape index (κ2) is 9.00. The molecule has 5 rings (SSSR count). The normalized spacial score (nSPS) is 12.1. The largest absolute Gasteiger partial charge is 0.435 e. The summed E-state index contributed by atoms with van der Waals surface area (Å²) in [6, 6.07) is 12.9. The Morgan fingerprint density at radius 3 is 1.49 bits per heavy atom. The van der Waals surface area contributed by atoms with Gasteiger partial charge in [0.15, 0.2) is 11.4 Å². The molecule has 188 valence electrons. The predicted octanol–water partition coefficient (Wildman–Crippen LogP) is 5.55. The summed E-state index contributed by atoms with van der Waals surface area (Å²) < 4.78 is 78.0. The van der Waals surface area contributed by atoms with Crippen LogP contribution < -0.4 is 4.90 Å². The maximum absolute atomic E-state index is 13.0. The second-order valence-corrected chi connectivity index (χ2v) is 7.48. The number of rotatable bonds is 5. The molecule has 0 amide bonds. The van der Waals surface area contributed by atoms with Crippen LogP contribution in [0.25, 0.3) is 22.8 Å². The Balaban J connectivity index is 1.58. The van der Waals surface area contributed by atoms with Gasteiger partial charge < -0.3 is 0 Å². The third kappa shape index (κ3) is 4.96. The van der Waals surface area contributed by atoms with E-state index in [1.165, 1.54) is 29.4 Å². The quantitative estimate of drug-likeness (QED) is 0.294. The van der Waals surface area contributed by atoms with Crippen LogP contribution in [-0.4, -0.2) is 40.3 Å². The van der Waals surface area contributed by atoms with Gasteiger partial charge in [0, 0.05) is 12.4 Å². The van der Waals surface area contributed by atoms with Crippen LogP contribution >= 0.6 is 0 Å². The van der Waals surface area contributed by atoms with Crippen molar-refractivity contribution in [2.45, 2.75) is 12.4 Å². The third-order valence-corrected chi connectivity index (χ3v) is 4.99.